The molecule has 0 radical (unpaired) electrons. The molecule has 3 rings (SSSR count). The van der Waals surface area contributed by atoms with Gasteiger partial charge in [-0.15, -0.1) is 0 Å². The van der Waals surface area contributed by atoms with E-state index in [2.05, 4.69) is 5.32 Å². The van der Waals surface area contributed by atoms with Crippen molar-refractivity contribution in [3.8, 4) is 0 Å². The Kier molecular flexibility index (Phi) is 7.83. The Bertz CT molecular complexity index is 970. The van der Waals surface area contributed by atoms with Gasteiger partial charge in [-0.25, -0.2) is 0 Å². The third-order valence-electron chi connectivity index (χ3n) is 6.14. The largest absolute Gasteiger partial charge is 0.387 e. The number of quaternary nitrogens is 1. The zero-order valence-electron chi connectivity index (χ0n) is 18.6. The fourth-order valence-electron chi connectivity index (χ4n) is 4.66. The first-order valence-corrected chi connectivity index (χ1v) is 11.4. The van der Waals surface area contributed by atoms with Gasteiger partial charge in [-0.05, 0) is 17.7 Å². The zero-order valence-corrected chi connectivity index (χ0v) is 20.1. The molecular formula is C24H30Cl2N3O3+. The van der Waals surface area contributed by atoms with Crippen LogP contribution < -0.4 is 5.32 Å². The average molecular weight is 479 g/mol. The Morgan fingerprint density at radius 2 is 1.81 bits per heavy atom. The Labute approximate surface area is 199 Å². The van der Waals surface area contributed by atoms with Crippen molar-refractivity contribution in [3.05, 3.63) is 69.7 Å². The maximum absolute atomic E-state index is 12.9. The number of benzene rings is 2. The fraction of sp³-hybridized carbons (Fsp3) is 0.417. The van der Waals surface area contributed by atoms with Gasteiger partial charge >= 0.3 is 0 Å². The van der Waals surface area contributed by atoms with E-state index in [4.69, 9.17) is 23.2 Å². The molecule has 0 saturated carbocycles. The van der Waals surface area contributed by atoms with Gasteiger partial charge < -0.3 is 19.8 Å². The van der Waals surface area contributed by atoms with Gasteiger partial charge in [0.25, 0.3) is 5.91 Å². The fourth-order valence-corrected chi connectivity index (χ4v) is 4.97. The first-order valence-electron chi connectivity index (χ1n) is 10.6. The van der Waals surface area contributed by atoms with E-state index < -0.39 is 12.1 Å². The number of hydrogen-bond donors (Lipinski definition) is 2. The highest BCUT2D eigenvalue weighted by Crippen LogP contribution is 2.44. The number of carbonyl (C=O) groups excluding carboxylic acids is 2. The summed E-state index contributed by atoms with van der Waals surface area (Å²) in [5, 5.41) is 14.5. The predicted molar refractivity (Wildman–Crippen MR) is 126 cm³/mol. The molecular weight excluding hydrogens is 449 g/mol. The number of nitrogens with one attached hydrogen (secondary N) is 1. The van der Waals surface area contributed by atoms with E-state index in [1.165, 1.54) is 6.92 Å². The van der Waals surface area contributed by atoms with Gasteiger partial charge in [0, 0.05) is 33.0 Å². The molecule has 0 aliphatic carbocycles. The van der Waals surface area contributed by atoms with Crippen molar-refractivity contribution in [2.75, 3.05) is 33.7 Å². The van der Waals surface area contributed by atoms with Crippen LogP contribution in [-0.4, -0.2) is 66.1 Å². The zero-order chi connectivity index (χ0) is 23.5. The van der Waals surface area contributed by atoms with Gasteiger partial charge in [0.15, 0.2) is 6.54 Å². The first-order chi connectivity index (χ1) is 15.1. The molecule has 4 atom stereocenters. The lowest BCUT2D eigenvalue weighted by atomic mass is 9.89. The van der Waals surface area contributed by atoms with Crippen molar-refractivity contribution < 1.29 is 19.2 Å². The third kappa shape index (κ3) is 5.44. The van der Waals surface area contributed by atoms with Gasteiger partial charge in [-0.2, -0.15) is 0 Å². The van der Waals surface area contributed by atoms with Gasteiger partial charge in [-0.1, -0.05) is 59.6 Å². The number of rotatable bonds is 7. The summed E-state index contributed by atoms with van der Waals surface area (Å²) in [7, 11) is 3.45. The number of hydrogen-bond acceptors (Lipinski definition) is 3. The number of likely N-dealkylation sites (tertiary alicyclic amines) is 1. The van der Waals surface area contributed by atoms with Crippen LogP contribution in [0, 0.1) is 0 Å². The van der Waals surface area contributed by atoms with E-state index in [1.54, 1.807) is 31.1 Å². The second kappa shape index (κ2) is 10.2. The average Bonchev–Trinajstić information content (AvgIpc) is 3.11. The number of likely N-dealkylation sites (N-methyl/N-ethyl adjacent to an activating group) is 1. The highest BCUT2D eigenvalue weighted by Gasteiger charge is 2.50. The summed E-state index contributed by atoms with van der Waals surface area (Å²) in [4.78, 5) is 26.8. The molecule has 1 heterocycles. The van der Waals surface area contributed by atoms with E-state index in [0.717, 1.165) is 11.1 Å². The molecule has 1 saturated heterocycles. The van der Waals surface area contributed by atoms with E-state index in [1.807, 2.05) is 36.4 Å². The van der Waals surface area contributed by atoms with Crippen LogP contribution in [0.4, 0.5) is 0 Å². The third-order valence-corrected chi connectivity index (χ3v) is 6.88. The predicted octanol–water partition coefficient (Wildman–Crippen LogP) is 3.58. The first kappa shape index (κ1) is 24.5. The molecule has 32 heavy (non-hydrogen) atoms. The molecule has 2 unspecified atom stereocenters. The minimum atomic E-state index is -0.538. The van der Waals surface area contributed by atoms with Crippen LogP contribution in [0.5, 0.6) is 0 Å². The summed E-state index contributed by atoms with van der Waals surface area (Å²) in [5.41, 5.74) is 1.76. The molecule has 1 aliphatic heterocycles. The highest BCUT2D eigenvalue weighted by molar-refractivity contribution is 6.42. The molecule has 8 heteroatoms. The van der Waals surface area contributed by atoms with Crippen LogP contribution >= 0.6 is 23.2 Å². The van der Waals surface area contributed by atoms with Crippen molar-refractivity contribution in [1.29, 1.82) is 0 Å². The monoisotopic (exact) mass is 478 g/mol. The molecule has 2 aromatic rings. The molecule has 0 spiro atoms. The van der Waals surface area contributed by atoms with E-state index in [-0.39, 0.29) is 24.4 Å². The van der Waals surface area contributed by atoms with Crippen LogP contribution in [0.1, 0.15) is 36.6 Å². The summed E-state index contributed by atoms with van der Waals surface area (Å²) in [6.07, 6.45) is 0.0316. The maximum Gasteiger partial charge on any atom is 0.277 e. The number of nitrogens with zero attached hydrogens (tertiary/aromatic N) is 2. The van der Waals surface area contributed by atoms with Crippen molar-refractivity contribution in [3.63, 3.8) is 0 Å². The number of carbonyl (C=O) groups is 2. The van der Waals surface area contributed by atoms with Crippen LogP contribution in [0.15, 0.2) is 48.5 Å². The molecule has 0 aromatic heterocycles. The molecule has 2 aromatic carbocycles. The topological polar surface area (TPSA) is 69.6 Å². The van der Waals surface area contributed by atoms with Crippen molar-refractivity contribution in [2.45, 2.75) is 31.5 Å². The number of amides is 2. The van der Waals surface area contributed by atoms with Gasteiger partial charge in [0.05, 0.1) is 16.6 Å². The second-order valence-electron chi connectivity index (χ2n) is 8.72. The standard InChI is InChI=1S/C24H29Cl2N3O3/c1-16(30)27-23(17-7-5-4-6-8-17)24(18-9-10-20(25)21(26)13-18)29(12-11-19(31)14-29)15-22(32)28(2)3/h4-10,13,19,23-24,31H,11-12,14-15H2,1-3H3/p+1/t19-,23-,24?,29?/m0/s1. The highest BCUT2D eigenvalue weighted by atomic mass is 35.5. The minimum absolute atomic E-state index is 0.0428. The van der Waals surface area contributed by atoms with E-state index in [0.29, 0.717) is 34.0 Å². The molecule has 1 aliphatic rings. The molecule has 0 bridgehead atoms. The van der Waals surface area contributed by atoms with Gasteiger partial charge in [0.2, 0.25) is 5.91 Å². The van der Waals surface area contributed by atoms with Gasteiger partial charge in [0.1, 0.15) is 24.7 Å². The summed E-state index contributed by atoms with van der Waals surface area (Å²) >= 11 is 12.6. The molecule has 6 nitrogen and oxygen atoms in total. The van der Waals surface area contributed by atoms with Crippen LogP contribution in [0.3, 0.4) is 0 Å². The van der Waals surface area contributed by atoms with Crippen LogP contribution in [0.2, 0.25) is 10.0 Å². The number of aliphatic hydroxyl groups excluding tert-OH is 1. The van der Waals surface area contributed by atoms with E-state index >= 15 is 0 Å². The maximum atomic E-state index is 12.9. The quantitative estimate of drug-likeness (QED) is 0.597. The Morgan fingerprint density at radius 1 is 1.12 bits per heavy atom. The van der Waals surface area contributed by atoms with E-state index in [9.17, 15) is 14.7 Å². The summed E-state index contributed by atoms with van der Waals surface area (Å²) < 4.78 is 0.302. The number of aliphatic hydroxyl groups is 1. The van der Waals surface area contributed by atoms with Crippen molar-refractivity contribution >= 4 is 35.0 Å². The van der Waals surface area contributed by atoms with Gasteiger partial charge in [-0.3, -0.25) is 9.59 Å². The molecule has 172 valence electrons. The Morgan fingerprint density at radius 3 is 2.34 bits per heavy atom. The summed E-state index contributed by atoms with van der Waals surface area (Å²) in [6, 6.07) is 14.3. The Hall–Kier alpha value is -2.12. The lowest BCUT2D eigenvalue weighted by Crippen LogP contribution is -2.57. The summed E-state index contributed by atoms with van der Waals surface area (Å²) in [5.74, 6) is -0.223. The smallest absolute Gasteiger partial charge is 0.277 e. The molecule has 1 fully saturated rings. The Balaban J connectivity index is 2.22. The van der Waals surface area contributed by atoms with Crippen molar-refractivity contribution in [1.82, 2.24) is 10.2 Å². The molecule has 2 amide bonds. The lowest BCUT2D eigenvalue weighted by Gasteiger charge is -2.45. The van der Waals surface area contributed by atoms with Crippen LogP contribution in [0.25, 0.3) is 0 Å². The second-order valence-corrected chi connectivity index (χ2v) is 9.54. The van der Waals surface area contributed by atoms with Crippen molar-refractivity contribution in [2.24, 2.45) is 0 Å². The number of halogens is 2. The summed E-state index contributed by atoms with van der Waals surface area (Å²) in [6.45, 7) is 2.66. The van der Waals surface area contributed by atoms with Crippen LogP contribution in [-0.2, 0) is 9.59 Å². The minimum Gasteiger partial charge on any atom is -0.387 e. The molecule has 2 N–H and O–H groups in total. The lowest BCUT2D eigenvalue weighted by molar-refractivity contribution is -0.942. The normalized spacial score (nSPS) is 22.2. The SMILES string of the molecule is CC(=O)N[C@@H](c1ccccc1)C(c1ccc(Cl)c(Cl)c1)[N+]1(CC(=O)N(C)C)CC[C@H](O)C1.